The minimum atomic E-state index is -0.571. The number of aromatic nitrogens is 2. The number of rotatable bonds is 5. The van der Waals surface area contributed by atoms with Crippen molar-refractivity contribution in [2.75, 3.05) is 25.6 Å². The fourth-order valence-electron chi connectivity index (χ4n) is 3.03. The first kappa shape index (κ1) is 18.1. The van der Waals surface area contributed by atoms with Gasteiger partial charge in [0.15, 0.2) is 4.77 Å². The molecule has 2 heterocycles. The summed E-state index contributed by atoms with van der Waals surface area (Å²) >= 11 is 5.06. The van der Waals surface area contributed by atoms with Crippen LogP contribution in [0.5, 0.6) is 0 Å². The van der Waals surface area contributed by atoms with Crippen LogP contribution in [0.15, 0.2) is 46.4 Å². The van der Waals surface area contributed by atoms with Gasteiger partial charge in [0.2, 0.25) is 0 Å². The number of anilines is 1. The average Bonchev–Trinajstić information content (AvgIpc) is 2.61. The highest BCUT2D eigenvalue weighted by Crippen LogP contribution is 2.39. The molecule has 136 valence electrons. The van der Waals surface area contributed by atoms with Crippen LogP contribution in [-0.2, 0) is 14.3 Å². The standard InChI is InChI=1S/C18H19N3O4S/c1-10-12(17(23)25-9-8-24-2)13(11-6-4-3-5-7-11)14-15(19-10)20-18(26)21-16(14)22/h3-7,13H,8-9H2,1-2H3,(H3,19,20,21,22,26). The average molecular weight is 373 g/mol. The molecule has 0 fully saturated rings. The van der Waals surface area contributed by atoms with E-state index in [0.717, 1.165) is 5.56 Å². The van der Waals surface area contributed by atoms with Crippen molar-refractivity contribution in [3.8, 4) is 0 Å². The van der Waals surface area contributed by atoms with E-state index in [-0.39, 0.29) is 16.9 Å². The van der Waals surface area contributed by atoms with Crippen LogP contribution in [0.2, 0.25) is 0 Å². The normalized spacial score (nSPS) is 16.0. The van der Waals surface area contributed by atoms with Gasteiger partial charge in [0.1, 0.15) is 12.4 Å². The van der Waals surface area contributed by atoms with E-state index >= 15 is 0 Å². The van der Waals surface area contributed by atoms with Crippen molar-refractivity contribution >= 4 is 24.0 Å². The maximum Gasteiger partial charge on any atom is 0.336 e. The summed E-state index contributed by atoms with van der Waals surface area (Å²) in [7, 11) is 1.53. The predicted molar refractivity (Wildman–Crippen MR) is 99.7 cm³/mol. The SMILES string of the molecule is COCCOC(=O)C1=C(C)Nc2[nH]c(=S)[nH]c(=O)c2C1c1ccccc1. The summed E-state index contributed by atoms with van der Waals surface area (Å²) in [6.45, 7) is 2.20. The number of esters is 1. The van der Waals surface area contributed by atoms with E-state index in [9.17, 15) is 9.59 Å². The predicted octanol–water partition coefficient (Wildman–Crippen LogP) is 2.45. The fraction of sp³-hybridized carbons (Fsp3) is 0.278. The lowest BCUT2D eigenvalue weighted by Crippen LogP contribution is -2.31. The molecule has 1 aromatic carbocycles. The minimum absolute atomic E-state index is 0.133. The van der Waals surface area contributed by atoms with Crippen LogP contribution >= 0.6 is 12.2 Å². The Labute approximate surface area is 155 Å². The van der Waals surface area contributed by atoms with Crippen molar-refractivity contribution in [2.24, 2.45) is 0 Å². The lowest BCUT2D eigenvalue weighted by atomic mass is 9.82. The number of H-pyrrole nitrogens is 2. The number of aromatic amines is 2. The molecule has 1 aromatic heterocycles. The highest BCUT2D eigenvalue weighted by atomic mass is 32.1. The first-order chi connectivity index (χ1) is 12.5. The quantitative estimate of drug-likeness (QED) is 0.423. The summed E-state index contributed by atoms with van der Waals surface area (Å²) in [6.07, 6.45) is 0. The first-order valence-electron chi connectivity index (χ1n) is 8.08. The van der Waals surface area contributed by atoms with E-state index in [1.54, 1.807) is 6.92 Å². The Bertz CT molecular complexity index is 962. The van der Waals surface area contributed by atoms with Crippen molar-refractivity contribution < 1.29 is 14.3 Å². The summed E-state index contributed by atoms with van der Waals surface area (Å²) < 4.78 is 10.5. The van der Waals surface area contributed by atoms with E-state index in [1.165, 1.54) is 7.11 Å². The number of allylic oxidation sites excluding steroid dienone is 1. The Kier molecular flexibility index (Phi) is 5.34. The molecule has 0 radical (unpaired) electrons. The lowest BCUT2D eigenvalue weighted by Gasteiger charge is -2.28. The topological polar surface area (TPSA) is 96.2 Å². The summed E-state index contributed by atoms with van der Waals surface area (Å²) in [5, 5.41) is 3.07. The first-order valence-corrected chi connectivity index (χ1v) is 8.49. The molecule has 0 aliphatic carbocycles. The largest absolute Gasteiger partial charge is 0.460 e. The molecule has 1 atom stereocenters. The number of hydrogen-bond acceptors (Lipinski definition) is 6. The lowest BCUT2D eigenvalue weighted by molar-refractivity contribution is -0.140. The number of methoxy groups -OCH3 is 1. The molecule has 1 unspecified atom stereocenters. The van der Waals surface area contributed by atoms with Crippen LogP contribution in [0.25, 0.3) is 0 Å². The van der Waals surface area contributed by atoms with E-state index in [0.29, 0.717) is 29.3 Å². The van der Waals surface area contributed by atoms with Gasteiger partial charge < -0.3 is 19.8 Å². The molecule has 0 amide bonds. The fourth-order valence-corrected chi connectivity index (χ4v) is 3.23. The molecular weight excluding hydrogens is 354 g/mol. The van der Waals surface area contributed by atoms with Crippen LogP contribution in [0.4, 0.5) is 5.82 Å². The highest BCUT2D eigenvalue weighted by Gasteiger charge is 2.35. The number of hydrogen-bond donors (Lipinski definition) is 3. The van der Waals surface area contributed by atoms with Crippen molar-refractivity contribution in [3.63, 3.8) is 0 Å². The molecule has 26 heavy (non-hydrogen) atoms. The molecule has 0 saturated heterocycles. The van der Waals surface area contributed by atoms with Gasteiger partial charge in [-0.3, -0.25) is 9.78 Å². The van der Waals surface area contributed by atoms with Crippen molar-refractivity contribution in [1.82, 2.24) is 9.97 Å². The van der Waals surface area contributed by atoms with Crippen molar-refractivity contribution in [1.29, 1.82) is 0 Å². The van der Waals surface area contributed by atoms with Gasteiger partial charge in [0, 0.05) is 12.8 Å². The van der Waals surface area contributed by atoms with Crippen molar-refractivity contribution in [3.05, 3.63) is 67.9 Å². The number of fused-ring (bicyclic) bond motifs is 1. The molecule has 3 N–H and O–H groups in total. The van der Waals surface area contributed by atoms with Crippen LogP contribution < -0.4 is 10.9 Å². The van der Waals surface area contributed by atoms with E-state index in [4.69, 9.17) is 21.7 Å². The van der Waals surface area contributed by atoms with Gasteiger partial charge in [0.05, 0.1) is 23.7 Å². The number of carbonyl (C=O) groups excluding carboxylic acids is 1. The maximum atomic E-state index is 12.7. The zero-order valence-corrected chi connectivity index (χ0v) is 15.2. The van der Waals surface area contributed by atoms with Crippen LogP contribution in [0.3, 0.4) is 0 Å². The Morgan fingerprint density at radius 2 is 1.92 bits per heavy atom. The van der Waals surface area contributed by atoms with Crippen LogP contribution in [0, 0.1) is 4.77 Å². The van der Waals surface area contributed by atoms with Gasteiger partial charge in [-0.2, -0.15) is 0 Å². The van der Waals surface area contributed by atoms with Crippen LogP contribution in [0.1, 0.15) is 24.0 Å². The molecule has 0 saturated carbocycles. The third kappa shape index (κ3) is 3.47. The third-order valence-electron chi connectivity index (χ3n) is 4.15. The van der Waals surface area contributed by atoms with E-state index in [2.05, 4.69) is 15.3 Å². The smallest absolute Gasteiger partial charge is 0.336 e. The highest BCUT2D eigenvalue weighted by molar-refractivity contribution is 7.71. The number of nitrogens with one attached hydrogen (secondary N) is 3. The van der Waals surface area contributed by atoms with Crippen molar-refractivity contribution in [2.45, 2.75) is 12.8 Å². The molecule has 1 aliphatic heterocycles. The summed E-state index contributed by atoms with van der Waals surface area (Å²) in [5.41, 5.74) is 1.85. The molecule has 2 aromatic rings. The number of ether oxygens (including phenoxy) is 2. The van der Waals surface area contributed by atoms with E-state index < -0.39 is 11.9 Å². The van der Waals surface area contributed by atoms with Gasteiger partial charge in [-0.1, -0.05) is 30.3 Å². The van der Waals surface area contributed by atoms with Gasteiger partial charge >= 0.3 is 5.97 Å². The van der Waals surface area contributed by atoms with Gasteiger partial charge in [0.25, 0.3) is 5.56 Å². The minimum Gasteiger partial charge on any atom is -0.460 e. The molecule has 3 rings (SSSR count). The summed E-state index contributed by atoms with van der Waals surface area (Å²) in [4.78, 5) is 30.9. The van der Waals surface area contributed by atoms with Gasteiger partial charge in [-0.05, 0) is 24.7 Å². The molecule has 0 bridgehead atoms. The Hall–Kier alpha value is -2.71. The molecule has 7 nitrogen and oxygen atoms in total. The van der Waals surface area contributed by atoms with E-state index in [1.807, 2.05) is 30.3 Å². The second-order valence-corrected chi connectivity index (χ2v) is 6.24. The van der Waals surface area contributed by atoms with Gasteiger partial charge in [-0.15, -0.1) is 0 Å². The summed E-state index contributed by atoms with van der Waals surface area (Å²) in [5.74, 6) is -0.579. The zero-order valence-electron chi connectivity index (χ0n) is 14.4. The molecule has 8 heteroatoms. The monoisotopic (exact) mass is 373 g/mol. The van der Waals surface area contributed by atoms with Crippen LogP contribution in [-0.4, -0.2) is 36.3 Å². The second kappa shape index (κ2) is 7.67. The zero-order chi connectivity index (χ0) is 18.7. The maximum absolute atomic E-state index is 12.7. The number of benzene rings is 1. The molecule has 1 aliphatic rings. The Balaban J connectivity index is 2.14. The molecular formula is C18H19N3O4S. The second-order valence-electron chi connectivity index (χ2n) is 5.83. The molecule has 0 spiro atoms. The van der Waals surface area contributed by atoms with Gasteiger partial charge in [-0.25, -0.2) is 4.79 Å². The number of carbonyl (C=O) groups is 1. The summed E-state index contributed by atoms with van der Waals surface area (Å²) in [6, 6.07) is 9.34. The Morgan fingerprint density at radius 3 is 2.62 bits per heavy atom. The Morgan fingerprint density at radius 1 is 1.19 bits per heavy atom. The third-order valence-corrected chi connectivity index (χ3v) is 4.35.